The summed E-state index contributed by atoms with van der Waals surface area (Å²) in [7, 11) is 0. The molecule has 7 rings (SSSR count). The lowest BCUT2D eigenvalue weighted by atomic mass is 9.59. The third-order valence-electron chi connectivity index (χ3n) is 12.3. The average Bonchev–Trinajstić information content (AvgIpc) is 3.12. The maximum Gasteiger partial charge on any atom is 0.221 e. The lowest BCUT2D eigenvalue weighted by molar-refractivity contribution is -0.764. The van der Waals surface area contributed by atoms with Crippen LogP contribution >= 0.6 is 0 Å². The Hall–Kier alpha value is -4.49. The first kappa shape index (κ1) is 34.9. The zero-order valence-corrected chi connectivity index (χ0v) is 32.6. The molecule has 260 valence electrons. The van der Waals surface area contributed by atoms with Crippen LogP contribution in [0.3, 0.4) is 0 Å². The average molecular weight is 671 g/mol. The molecule has 0 aliphatic carbocycles. The van der Waals surface area contributed by atoms with Crippen LogP contribution in [0.25, 0.3) is 55.4 Å². The van der Waals surface area contributed by atoms with Crippen LogP contribution < -0.4 is 4.57 Å². The first-order valence-corrected chi connectivity index (χ1v) is 19.1. The fourth-order valence-corrected chi connectivity index (χ4v) is 8.78. The molecule has 6 aromatic rings. The van der Waals surface area contributed by atoms with Crippen molar-refractivity contribution in [1.82, 2.24) is 0 Å². The molecule has 51 heavy (non-hydrogen) atoms. The van der Waals surface area contributed by atoms with E-state index < -0.39 is 0 Å². The van der Waals surface area contributed by atoms with E-state index in [0.29, 0.717) is 0 Å². The van der Waals surface area contributed by atoms with Crippen molar-refractivity contribution in [2.45, 2.75) is 110 Å². The molecule has 2 heterocycles. The number of rotatable bonds is 6. The second-order valence-corrected chi connectivity index (χ2v) is 17.5. The predicted octanol–water partition coefficient (Wildman–Crippen LogP) is 13.6. The minimum absolute atomic E-state index is 0.0128. The molecule has 1 aliphatic heterocycles. The second-order valence-electron chi connectivity index (χ2n) is 17.5. The van der Waals surface area contributed by atoms with E-state index >= 15 is 0 Å². The van der Waals surface area contributed by atoms with Crippen LogP contribution in [0.5, 0.6) is 0 Å². The van der Waals surface area contributed by atoms with Gasteiger partial charge in [-0.2, -0.15) is 4.57 Å². The summed E-state index contributed by atoms with van der Waals surface area (Å²) >= 11 is 0. The van der Waals surface area contributed by atoms with Gasteiger partial charge in [0.1, 0.15) is 0 Å². The highest BCUT2D eigenvalue weighted by Gasteiger charge is 2.57. The van der Waals surface area contributed by atoms with Crippen molar-refractivity contribution < 1.29 is 4.57 Å². The summed E-state index contributed by atoms with van der Waals surface area (Å²) < 4.78 is 2.63. The molecule has 0 bridgehead atoms. The van der Waals surface area contributed by atoms with Crippen LogP contribution in [-0.2, 0) is 21.8 Å². The molecule has 0 fully saturated rings. The molecule has 0 spiro atoms. The summed E-state index contributed by atoms with van der Waals surface area (Å²) in [6.07, 6.45) is 5.71. The van der Waals surface area contributed by atoms with Crippen LogP contribution in [-0.4, -0.2) is 0 Å². The zero-order chi connectivity index (χ0) is 36.3. The monoisotopic (exact) mass is 670 g/mol. The number of hydrogen-bond donors (Lipinski definition) is 0. The first-order valence-electron chi connectivity index (χ1n) is 19.1. The molecule has 0 saturated carbocycles. The van der Waals surface area contributed by atoms with Crippen molar-refractivity contribution >= 4 is 10.8 Å². The fourth-order valence-electron chi connectivity index (χ4n) is 8.78. The minimum Gasteiger partial charge on any atom is -0.192 e. The van der Waals surface area contributed by atoms with Gasteiger partial charge >= 0.3 is 0 Å². The number of benzene rings is 5. The number of pyridine rings is 1. The second kappa shape index (κ2) is 12.6. The van der Waals surface area contributed by atoms with Crippen molar-refractivity contribution in [3.63, 3.8) is 0 Å². The smallest absolute Gasteiger partial charge is 0.192 e. The number of aromatic nitrogens is 1. The number of nitrogens with zero attached hydrogens (tertiary/aromatic N) is 1. The van der Waals surface area contributed by atoms with Gasteiger partial charge < -0.3 is 0 Å². The van der Waals surface area contributed by atoms with Gasteiger partial charge in [0, 0.05) is 19.4 Å². The predicted molar refractivity (Wildman–Crippen MR) is 219 cm³/mol. The Morgan fingerprint density at radius 3 is 1.57 bits per heavy atom. The van der Waals surface area contributed by atoms with E-state index in [1.54, 1.807) is 0 Å². The van der Waals surface area contributed by atoms with E-state index in [4.69, 9.17) is 0 Å². The van der Waals surface area contributed by atoms with Gasteiger partial charge in [0.05, 0.1) is 16.4 Å². The van der Waals surface area contributed by atoms with Gasteiger partial charge in [0.15, 0.2) is 11.7 Å². The van der Waals surface area contributed by atoms with Crippen molar-refractivity contribution in [2.75, 3.05) is 0 Å². The molecule has 0 radical (unpaired) electrons. The Kier molecular flexibility index (Phi) is 8.65. The molecule has 1 aliphatic rings. The van der Waals surface area contributed by atoms with Gasteiger partial charge in [-0.3, -0.25) is 0 Å². The lowest BCUT2D eigenvalue weighted by Crippen LogP contribution is -2.67. The Morgan fingerprint density at radius 1 is 0.549 bits per heavy atom. The van der Waals surface area contributed by atoms with E-state index in [-0.39, 0.29) is 21.8 Å². The minimum atomic E-state index is -0.0532. The molecular formula is C50H56N+. The number of fused-ring (bicyclic) bond motifs is 5. The first-order chi connectivity index (χ1) is 24.2. The molecule has 0 N–H and O–H groups in total. The van der Waals surface area contributed by atoms with E-state index in [1.165, 1.54) is 72.1 Å². The van der Waals surface area contributed by atoms with E-state index in [2.05, 4.69) is 195 Å². The van der Waals surface area contributed by atoms with Crippen molar-refractivity contribution in [1.29, 1.82) is 0 Å². The maximum absolute atomic E-state index is 2.63. The molecular weight excluding hydrogens is 615 g/mol. The summed E-state index contributed by atoms with van der Waals surface area (Å²) in [5.74, 6) is 0. The Morgan fingerprint density at radius 2 is 1.06 bits per heavy atom. The highest BCUT2D eigenvalue weighted by atomic mass is 15.1. The van der Waals surface area contributed by atoms with Crippen molar-refractivity contribution in [2.24, 2.45) is 0 Å². The van der Waals surface area contributed by atoms with Crippen molar-refractivity contribution in [3.8, 4) is 44.6 Å². The molecule has 1 nitrogen and oxygen atoms in total. The topological polar surface area (TPSA) is 3.88 Å². The fraction of sp³-hybridized carbons (Fsp3) is 0.340. The molecule has 1 aromatic heterocycles. The third-order valence-corrected chi connectivity index (χ3v) is 12.3. The van der Waals surface area contributed by atoms with Gasteiger partial charge in [-0.15, -0.1) is 0 Å². The normalized spacial score (nSPS) is 18.8. The summed E-state index contributed by atoms with van der Waals surface area (Å²) in [5, 5.41) is 2.61. The molecule has 2 unspecified atom stereocenters. The van der Waals surface area contributed by atoms with Gasteiger partial charge in [0.25, 0.3) is 0 Å². The summed E-state index contributed by atoms with van der Waals surface area (Å²) in [6, 6.07) is 44.3. The Labute approximate surface area is 307 Å². The quantitative estimate of drug-likeness (QED) is 0.155. The van der Waals surface area contributed by atoms with Gasteiger partial charge in [-0.1, -0.05) is 141 Å². The van der Waals surface area contributed by atoms with Gasteiger partial charge in [0.2, 0.25) is 5.69 Å². The standard InChI is InChI=1S/C50H56N/c1-11-28-49(9)45-26-21-37(33-44(45)46-43-16-14-13-15-36(43)27-29-51(46)50(49,10)12-2)40-31-38(34-17-22-41(23-18-34)47(3,4)5)30-39(32-40)35-19-24-42(25-20-35)48(6,7)8/h13-27,29-33H,11-12,28H2,1-10H3/q+1. The highest BCUT2D eigenvalue weighted by Crippen LogP contribution is 2.52. The largest absolute Gasteiger partial charge is 0.221 e. The van der Waals surface area contributed by atoms with Crippen LogP contribution in [0.1, 0.15) is 105 Å². The van der Waals surface area contributed by atoms with Crippen LogP contribution in [0.4, 0.5) is 0 Å². The van der Waals surface area contributed by atoms with Gasteiger partial charge in [-0.25, -0.2) is 0 Å². The molecule has 0 amide bonds. The summed E-state index contributed by atoms with van der Waals surface area (Å²) in [6.45, 7) is 23.4. The third kappa shape index (κ3) is 5.93. The highest BCUT2D eigenvalue weighted by molar-refractivity contribution is 5.95. The van der Waals surface area contributed by atoms with Crippen LogP contribution in [0.2, 0.25) is 0 Å². The van der Waals surface area contributed by atoms with E-state index in [9.17, 15) is 0 Å². The van der Waals surface area contributed by atoms with Crippen molar-refractivity contribution in [3.05, 3.63) is 138 Å². The van der Waals surface area contributed by atoms with E-state index in [0.717, 1.165) is 19.3 Å². The maximum atomic E-state index is 2.63. The summed E-state index contributed by atoms with van der Waals surface area (Å²) in [4.78, 5) is 0. The number of hydrogen-bond acceptors (Lipinski definition) is 0. The lowest BCUT2D eigenvalue weighted by Gasteiger charge is -2.46. The molecule has 2 atom stereocenters. The molecule has 5 aromatic carbocycles. The van der Waals surface area contributed by atoms with E-state index in [1.807, 2.05) is 0 Å². The molecule has 1 heteroatoms. The Bertz CT molecular complexity index is 2150. The Balaban J connectivity index is 1.46. The van der Waals surface area contributed by atoms with Crippen LogP contribution in [0.15, 0.2) is 121 Å². The zero-order valence-electron chi connectivity index (χ0n) is 32.6. The van der Waals surface area contributed by atoms with Gasteiger partial charge in [-0.05, 0) is 110 Å². The SMILES string of the molecule is CCCC1(C)c2ccc(-c3cc(-c4ccc(C(C)(C)C)cc4)cc(-c4ccc(C(C)(C)C)cc4)c3)cc2-c2c3ccccc3cc[n+]2C1(C)CC. The molecule has 0 saturated heterocycles. The van der Waals surface area contributed by atoms with Crippen LogP contribution in [0, 0.1) is 0 Å². The summed E-state index contributed by atoms with van der Waals surface area (Å²) in [5.41, 5.74) is 14.5.